The number of furan rings is 1. The molecule has 0 aromatic carbocycles. The molecule has 150 valence electrons. The van der Waals surface area contributed by atoms with Crippen molar-refractivity contribution in [1.29, 1.82) is 0 Å². The predicted molar refractivity (Wildman–Crippen MR) is 105 cm³/mol. The van der Waals surface area contributed by atoms with Crippen molar-refractivity contribution in [3.05, 3.63) is 53.2 Å². The van der Waals surface area contributed by atoms with Crippen LogP contribution in [0.2, 0.25) is 0 Å². The second-order valence-corrected chi connectivity index (χ2v) is 7.49. The van der Waals surface area contributed by atoms with Crippen molar-refractivity contribution < 1.29 is 13.9 Å². The van der Waals surface area contributed by atoms with Crippen LogP contribution in [0.25, 0.3) is 0 Å². The van der Waals surface area contributed by atoms with Gasteiger partial charge in [-0.1, -0.05) is 0 Å². The number of aryl methyl sites for hydroxylation is 1. The molecule has 0 unspecified atom stereocenters. The summed E-state index contributed by atoms with van der Waals surface area (Å²) < 4.78 is 11.3. The largest absolute Gasteiger partial charge is 0.464 e. The van der Waals surface area contributed by atoms with E-state index in [0.717, 1.165) is 71.3 Å². The Kier molecular flexibility index (Phi) is 6.04. The standard InChI is InChI=1S/C21H28N4O3/c1-17-20(14-19(28-17)16-24-10-12-27-13-11-24)21(26)25-8-6-23(7-9-25)15-18-2-4-22-5-3-18/h2-5,14H,6-13,15-16H2,1H3. The van der Waals surface area contributed by atoms with E-state index in [0.29, 0.717) is 11.3 Å². The lowest BCUT2D eigenvalue weighted by Gasteiger charge is -2.34. The maximum atomic E-state index is 13.0. The molecule has 0 aliphatic carbocycles. The molecule has 2 fully saturated rings. The van der Waals surface area contributed by atoms with Crippen molar-refractivity contribution in [1.82, 2.24) is 19.7 Å². The number of rotatable bonds is 5. The first-order valence-corrected chi connectivity index (χ1v) is 9.99. The summed E-state index contributed by atoms with van der Waals surface area (Å²) in [5.74, 6) is 1.66. The van der Waals surface area contributed by atoms with Crippen LogP contribution in [0.15, 0.2) is 35.0 Å². The summed E-state index contributed by atoms with van der Waals surface area (Å²) in [6.07, 6.45) is 3.65. The number of hydrogen-bond acceptors (Lipinski definition) is 6. The van der Waals surface area contributed by atoms with Crippen molar-refractivity contribution in [2.45, 2.75) is 20.0 Å². The number of pyridine rings is 1. The average Bonchev–Trinajstić information content (AvgIpc) is 3.09. The van der Waals surface area contributed by atoms with Crippen LogP contribution < -0.4 is 0 Å². The minimum absolute atomic E-state index is 0.0815. The zero-order chi connectivity index (χ0) is 19.3. The molecular weight excluding hydrogens is 356 g/mol. The van der Waals surface area contributed by atoms with Crippen molar-refractivity contribution in [3.8, 4) is 0 Å². The molecule has 1 amide bonds. The van der Waals surface area contributed by atoms with Crippen LogP contribution in [0.5, 0.6) is 0 Å². The summed E-state index contributed by atoms with van der Waals surface area (Å²) in [6, 6.07) is 6.02. The highest BCUT2D eigenvalue weighted by atomic mass is 16.5. The number of carbonyl (C=O) groups excluding carboxylic acids is 1. The zero-order valence-corrected chi connectivity index (χ0v) is 16.5. The number of piperazine rings is 1. The topological polar surface area (TPSA) is 62.1 Å². The maximum absolute atomic E-state index is 13.0. The third-order valence-corrected chi connectivity index (χ3v) is 5.50. The smallest absolute Gasteiger partial charge is 0.257 e. The fourth-order valence-electron chi connectivity index (χ4n) is 3.84. The van der Waals surface area contributed by atoms with Gasteiger partial charge in [0.05, 0.1) is 25.3 Å². The lowest BCUT2D eigenvalue weighted by molar-refractivity contribution is 0.0312. The highest BCUT2D eigenvalue weighted by Gasteiger charge is 2.25. The second kappa shape index (κ2) is 8.86. The molecule has 0 atom stereocenters. The molecule has 0 bridgehead atoms. The fourth-order valence-corrected chi connectivity index (χ4v) is 3.84. The minimum atomic E-state index is 0.0815. The first-order chi connectivity index (χ1) is 13.7. The van der Waals surface area contributed by atoms with Gasteiger partial charge in [-0.2, -0.15) is 0 Å². The number of ether oxygens (including phenoxy) is 1. The van der Waals surface area contributed by atoms with Crippen LogP contribution in [0.3, 0.4) is 0 Å². The predicted octanol–water partition coefficient (Wildman–Crippen LogP) is 1.77. The Labute approximate surface area is 165 Å². The molecule has 2 aliphatic heterocycles. The number of aromatic nitrogens is 1. The van der Waals surface area contributed by atoms with E-state index in [2.05, 4.69) is 14.8 Å². The molecule has 7 nitrogen and oxygen atoms in total. The van der Waals surface area contributed by atoms with E-state index in [1.54, 1.807) is 0 Å². The number of amides is 1. The summed E-state index contributed by atoms with van der Waals surface area (Å²) in [5, 5.41) is 0. The molecule has 2 aromatic rings. The van der Waals surface area contributed by atoms with Crippen molar-refractivity contribution in [3.63, 3.8) is 0 Å². The number of nitrogens with zero attached hydrogens (tertiary/aromatic N) is 4. The molecule has 0 spiro atoms. The lowest BCUT2D eigenvalue weighted by Crippen LogP contribution is -2.48. The van der Waals surface area contributed by atoms with Crippen LogP contribution >= 0.6 is 0 Å². The van der Waals surface area contributed by atoms with Gasteiger partial charge in [-0.25, -0.2) is 0 Å². The first kappa shape index (κ1) is 19.1. The average molecular weight is 384 g/mol. The summed E-state index contributed by atoms with van der Waals surface area (Å²) in [5.41, 5.74) is 1.96. The normalized spacial score (nSPS) is 19.1. The molecule has 0 N–H and O–H groups in total. The SMILES string of the molecule is Cc1oc(CN2CCOCC2)cc1C(=O)N1CCN(Cc2ccncc2)CC1. The lowest BCUT2D eigenvalue weighted by atomic mass is 10.2. The van der Waals surface area contributed by atoms with E-state index in [1.807, 2.05) is 42.4 Å². The van der Waals surface area contributed by atoms with Crippen molar-refractivity contribution >= 4 is 5.91 Å². The molecule has 28 heavy (non-hydrogen) atoms. The van der Waals surface area contributed by atoms with Crippen LogP contribution in [-0.2, 0) is 17.8 Å². The highest BCUT2D eigenvalue weighted by molar-refractivity contribution is 5.95. The van der Waals surface area contributed by atoms with Gasteiger partial charge in [-0.05, 0) is 30.7 Å². The van der Waals surface area contributed by atoms with E-state index in [9.17, 15) is 4.79 Å². The molecule has 0 radical (unpaired) electrons. The molecule has 2 saturated heterocycles. The minimum Gasteiger partial charge on any atom is -0.464 e. The Morgan fingerprint density at radius 1 is 1.00 bits per heavy atom. The Morgan fingerprint density at radius 2 is 1.68 bits per heavy atom. The highest BCUT2D eigenvalue weighted by Crippen LogP contribution is 2.20. The molecule has 0 saturated carbocycles. The Morgan fingerprint density at radius 3 is 2.39 bits per heavy atom. The van der Waals surface area contributed by atoms with Crippen LogP contribution in [0, 0.1) is 6.92 Å². The monoisotopic (exact) mass is 384 g/mol. The van der Waals surface area contributed by atoms with Gasteiger partial charge >= 0.3 is 0 Å². The van der Waals surface area contributed by atoms with E-state index >= 15 is 0 Å². The van der Waals surface area contributed by atoms with Gasteiger partial charge in [-0.15, -0.1) is 0 Å². The Hall–Kier alpha value is -2.22. The van der Waals surface area contributed by atoms with E-state index in [4.69, 9.17) is 9.15 Å². The van der Waals surface area contributed by atoms with Gasteiger partial charge in [0.2, 0.25) is 0 Å². The van der Waals surface area contributed by atoms with Crippen LogP contribution in [-0.4, -0.2) is 78.1 Å². The molecule has 2 aliphatic rings. The van der Waals surface area contributed by atoms with Crippen molar-refractivity contribution in [2.24, 2.45) is 0 Å². The first-order valence-electron chi connectivity index (χ1n) is 9.99. The molecular formula is C21H28N4O3. The summed E-state index contributed by atoms with van der Waals surface area (Å²) in [7, 11) is 0. The summed E-state index contributed by atoms with van der Waals surface area (Å²) in [4.78, 5) is 23.7. The molecule has 4 rings (SSSR count). The Bertz CT molecular complexity index is 778. The van der Waals surface area contributed by atoms with Gasteiger partial charge in [-0.3, -0.25) is 19.6 Å². The summed E-state index contributed by atoms with van der Waals surface area (Å²) in [6.45, 7) is 10.1. The van der Waals surface area contributed by atoms with Crippen LogP contribution in [0.4, 0.5) is 0 Å². The summed E-state index contributed by atoms with van der Waals surface area (Å²) >= 11 is 0. The van der Waals surface area contributed by atoms with Gasteiger partial charge in [0.25, 0.3) is 5.91 Å². The molecule has 2 aromatic heterocycles. The Balaban J connectivity index is 1.32. The van der Waals surface area contributed by atoms with E-state index in [-0.39, 0.29) is 5.91 Å². The number of carbonyl (C=O) groups is 1. The van der Waals surface area contributed by atoms with E-state index in [1.165, 1.54) is 5.56 Å². The third kappa shape index (κ3) is 4.60. The van der Waals surface area contributed by atoms with Gasteiger partial charge in [0.1, 0.15) is 11.5 Å². The van der Waals surface area contributed by atoms with E-state index < -0.39 is 0 Å². The van der Waals surface area contributed by atoms with Gasteiger partial charge < -0.3 is 14.1 Å². The number of hydrogen-bond donors (Lipinski definition) is 0. The zero-order valence-electron chi connectivity index (χ0n) is 16.5. The van der Waals surface area contributed by atoms with Crippen molar-refractivity contribution in [2.75, 3.05) is 52.5 Å². The van der Waals surface area contributed by atoms with Crippen LogP contribution in [0.1, 0.15) is 27.4 Å². The molecule has 7 heteroatoms. The van der Waals surface area contributed by atoms with Gasteiger partial charge in [0, 0.05) is 58.2 Å². The van der Waals surface area contributed by atoms with Gasteiger partial charge in [0.15, 0.2) is 0 Å². The fraction of sp³-hybridized carbons (Fsp3) is 0.524. The quantitative estimate of drug-likeness (QED) is 0.783. The molecule has 4 heterocycles. The third-order valence-electron chi connectivity index (χ3n) is 5.50. The maximum Gasteiger partial charge on any atom is 0.257 e. The number of morpholine rings is 1. The second-order valence-electron chi connectivity index (χ2n) is 7.49.